The first-order valence-corrected chi connectivity index (χ1v) is 13.7. The fraction of sp³-hybridized carbons (Fsp3) is 0.667. The number of rotatable bonds is 9. The van der Waals surface area contributed by atoms with Crippen LogP contribution in [0.25, 0.3) is 0 Å². The standard InChI is InChI=1S/C21H35NO3SSi/c1-15(25-27(5,6)21(2,3)4)18-19(22-20(18)24)16(14-23)12-13-26-17-10-8-7-9-11-17/h7-11,15-16,18-19,23H,12-14H2,1-6H3,(H,22,24)/t15-,16-,18-,19-/m1/s1. The molecule has 0 spiro atoms. The van der Waals surface area contributed by atoms with E-state index in [1.54, 1.807) is 11.8 Å². The van der Waals surface area contributed by atoms with Gasteiger partial charge in [0.2, 0.25) is 5.91 Å². The minimum atomic E-state index is -1.93. The molecule has 6 heteroatoms. The van der Waals surface area contributed by atoms with E-state index in [2.05, 4.69) is 51.3 Å². The van der Waals surface area contributed by atoms with Crippen LogP contribution in [-0.4, -0.2) is 43.8 Å². The first-order valence-electron chi connectivity index (χ1n) is 9.83. The van der Waals surface area contributed by atoms with Gasteiger partial charge in [0.1, 0.15) is 0 Å². The highest BCUT2D eigenvalue weighted by molar-refractivity contribution is 7.99. The largest absolute Gasteiger partial charge is 0.413 e. The number of benzene rings is 1. The van der Waals surface area contributed by atoms with Crippen molar-refractivity contribution in [1.29, 1.82) is 0 Å². The van der Waals surface area contributed by atoms with Crippen LogP contribution in [0.3, 0.4) is 0 Å². The zero-order valence-corrected chi connectivity index (χ0v) is 19.3. The molecule has 0 saturated carbocycles. The molecule has 1 aromatic carbocycles. The van der Waals surface area contributed by atoms with Gasteiger partial charge in [0.25, 0.3) is 0 Å². The van der Waals surface area contributed by atoms with Crippen LogP contribution in [0.5, 0.6) is 0 Å². The Kier molecular flexibility index (Phi) is 7.59. The van der Waals surface area contributed by atoms with E-state index in [4.69, 9.17) is 4.43 Å². The lowest BCUT2D eigenvalue weighted by Crippen LogP contribution is -2.66. The summed E-state index contributed by atoms with van der Waals surface area (Å²) in [5, 5.41) is 13.0. The molecule has 152 valence electrons. The Morgan fingerprint density at radius 2 is 1.89 bits per heavy atom. The van der Waals surface area contributed by atoms with Gasteiger partial charge in [0.15, 0.2) is 8.32 Å². The summed E-state index contributed by atoms with van der Waals surface area (Å²) in [6.45, 7) is 13.2. The van der Waals surface area contributed by atoms with E-state index in [0.29, 0.717) is 0 Å². The molecule has 1 heterocycles. The third-order valence-corrected chi connectivity index (χ3v) is 11.7. The van der Waals surface area contributed by atoms with Crippen LogP contribution in [0.4, 0.5) is 0 Å². The molecule has 0 unspecified atom stereocenters. The topological polar surface area (TPSA) is 58.6 Å². The zero-order valence-electron chi connectivity index (χ0n) is 17.5. The smallest absolute Gasteiger partial charge is 0.228 e. The molecule has 4 nitrogen and oxygen atoms in total. The number of thioether (sulfide) groups is 1. The fourth-order valence-corrected chi connectivity index (χ4v) is 5.71. The molecule has 1 amide bonds. The summed E-state index contributed by atoms with van der Waals surface area (Å²) in [6.07, 6.45) is 0.741. The molecule has 1 aliphatic heterocycles. The quantitative estimate of drug-likeness (QED) is 0.363. The molecule has 0 bridgehead atoms. The van der Waals surface area contributed by atoms with Crippen molar-refractivity contribution >= 4 is 26.0 Å². The molecule has 4 atom stereocenters. The van der Waals surface area contributed by atoms with Crippen molar-refractivity contribution in [3.8, 4) is 0 Å². The van der Waals surface area contributed by atoms with Crippen LogP contribution < -0.4 is 5.32 Å². The average molecular weight is 410 g/mol. The Bertz CT molecular complexity index is 618. The van der Waals surface area contributed by atoms with Crippen LogP contribution in [-0.2, 0) is 9.22 Å². The third-order valence-electron chi connectivity index (χ3n) is 6.03. The Morgan fingerprint density at radius 1 is 1.26 bits per heavy atom. The Labute approximate surface area is 169 Å². The maximum absolute atomic E-state index is 12.3. The van der Waals surface area contributed by atoms with E-state index in [0.717, 1.165) is 12.2 Å². The summed E-state index contributed by atoms with van der Waals surface area (Å²) in [7, 11) is -1.93. The molecular formula is C21H35NO3SSi. The van der Waals surface area contributed by atoms with Gasteiger partial charge in [-0.2, -0.15) is 0 Å². The second-order valence-corrected chi connectivity index (χ2v) is 15.0. The second kappa shape index (κ2) is 9.12. The van der Waals surface area contributed by atoms with Gasteiger partial charge in [-0.15, -0.1) is 11.8 Å². The molecule has 2 rings (SSSR count). The molecule has 1 aliphatic rings. The number of nitrogens with one attached hydrogen (secondary N) is 1. The van der Waals surface area contributed by atoms with Crippen LogP contribution in [0, 0.1) is 11.8 Å². The average Bonchev–Trinajstić information content (AvgIpc) is 2.56. The van der Waals surface area contributed by atoms with Gasteiger partial charge in [-0.05, 0) is 49.4 Å². The number of hydrogen-bond acceptors (Lipinski definition) is 4. The maximum atomic E-state index is 12.3. The van der Waals surface area contributed by atoms with E-state index >= 15 is 0 Å². The molecule has 0 aromatic heterocycles. The van der Waals surface area contributed by atoms with Crippen molar-refractivity contribution in [2.45, 2.75) is 69.3 Å². The Morgan fingerprint density at radius 3 is 2.41 bits per heavy atom. The number of carbonyl (C=O) groups is 1. The molecule has 1 aromatic rings. The van der Waals surface area contributed by atoms with Crippen molar-refractivity contribution in [2.24, 2.45) is 11.8 Å². The summed E-state index contributed by atoms with van der Waals surface area (Å²) in [6, 6.07) is 10.3. The number of aliphatic hydroxyl groups is 1. The lowest BCUT2D eigenvalue weighted by molar-refractivity contribution is -0.143. The van der Waals surface area contributed by atoms with E-state index in [9.17, 15) is 9.90 Å². The first kappa shape index (κ1) is 22.5. The maximum Gasteiger partial charge on any atom is 0.228 e. The summed E-state index contributed by atoms with van der Waals surface area (Å²) < 4.78 is 6.47. The predicted octanol–water partition coefficient (Wildman–Crippen LogP) is 4.30. The monoisotopic (exact) mass is 409 g/mol. The van der Waals surface area contributed by atoms with Gasteiger partial charge in [0, 0.05) is 23.5 Å². The van der Waals surface area contributed by atoms with E-state index < -0.39 is 8.32 Å². The van der Waals surface area contributed by atoms with Crippen LogP contribution in [0.15, 0.2) is 35.2 Å². The van der Waals surface area contributed by atoms with Crippen molar-refractivity contribution in [3.63, 3.8) is 0 Å². The van der Waals surface area contributed by atoms with Crippen molar-refractivity contribution in [2.75, 3.05) is 12.4 Å². The summed E-state index contributed by atoms with van der Waals surface area (Å²) in [5.41, 5.74) is 0. The van der Waals surface area contributed by atoms with Gasteiger partial charge >= 0.3 is 0 Å². The lowest BCUT2D eigenvalue weighted by atomic mass is 9.77. The van der Waals surface area contributed by atoms with Crippen molar-refractivity contribution < 1.29 is 14.3 Å². The van der Waals surface area contributed by atoms with Gasteiger partial charge < -0.3 is 14.8 Å². The number of amides is 1. The Balaban J connectivity index is 1.94. The van der Waals surface area contributed by atoms with Crippen molar-refractivity contribution in [1.82, 2.24) is 5.32 Å². The lowest BCUT2D eigenvalue weighted by Gasteiger charge is -2.47. The second-order valence-electron chi connectivity index (χ2n) is 9.04. The van der Waals surface area contributed by atoms with Crippen molar-refractivity contribution in [3.05, 3.63) is 30.3 Å². The summed E-state index contributed by atoms with van der Waals surface area (Å²) in [5.74, 6) is 0.874. The highest BCUT2D eigenvalue weighted by Crippen LogP contribution is 2.40. The first-order chi connectivity index (χ1) is 12.6. The van der Waals surface area contributed by atoms with E-state index in [1.165, 1.54) is 4.90 Å². The number of β-lactam (4-membered cyclic amide) rings is 1. The minimum Gasteiger partial charge on any atom is -0.413 e. The Hall–Kier alpha value is -0.823. The van der Waals surface area contributed by atoms with E-state index in [-0.39, 0.29) is 41.5 Å². The highest BCUT2D eigenvalue weighted by atomic mass is 32.2. The SMILES string of the molecule is C[C@@H](O[Si](C)(C)C(C)(C)C)[C@H]1C(=O)N[C@@H]1[C@@H](CO)CCSc1ccccc1. The van der Waals surface area contributed by atoms with E-state index in [1.807, 2.05) is 25.1 Å². The predicted molar refractivity (Wildman–Crippen MR) is 116 cm³/mol. The zero-order chi connectivity index (χ0) is 20.2. The van der Waals surface area contributed by atoms with Crippen LogP contribution >= 0.6 is 11.8 Å². The molecule has 27 heavy (non-hydrogen) atoms. The van der Waals surface area contributed by atoms with Gasteiger partial charge in [0.05, 0.1) is 12.0 Å². The van der Waals surface area contributed by atoms with Gasteiger partial charge in [-0.25, -0.2) is 0 Å². The molecule has 1 saturated heterocycles. The highest BCUT2D eigenvalue weighted by Gasteiger charge is 2.49. The number of aliphatic hydroxyl groups excluding tert-OH is 1. The van der Waals surface area contributed by atoms with Gasteiger partial charge in [-0.1, -0.05) is 39.0 Å². The fourth-order valence-electron chi connectivity index (χ4n) is 3.28. The normalized spacial score (nSPS) is 22.7. The third kappa shape index (κ3) is 5.59. The molecular weight excluding hydrogens is 374 g/mol. The number of hydrogen-bond donors (Lipinski definition) is 2. The molecule has 0 radical (unpaired) electrons. The van der Waals surface area contributed by atoms with Crippen LogP contribution in [0.2, 0.25) is 18.1 Å². The summed E-state index contributed by atoms with van der Waals surface area (Å²) in [4.78, 5) is 13.5. The molecule has 1 fully saturated rings. The molecule has 2 N–H and O–H groups in total. The number of carbonyl (C=O) groups excluding carboxylic acids is 1. The summed E-state index contributed by atoms with van der Waals surface area (Å²) >= 11 is 1.79. The minimum absolute atomic E-state index is 0.00126. The van der Waals surface area contributed by atoms with Crippen LogP contribution in [0.1, 0.15) is 34.1 Å². The van der Waals surface area contributed by atoms with Gasteiger partial charge in [-0.3, -0.25) is 4.79 Å². The molecule has 0 aliphatic carbocycles.